The van der Waals surface area contributed by atoms with Crippen molar-refractivity contribution in [2.45, 2.75) is 38.1 Å². The van der Waals surface area contributed by atoms with Crippen LogP contribution in [-0.4, -0.2) is 16.9 Å². The lowest BCUT2D eigenvalue weighted by Crippen LogP contribution is -2.36. The van der Waals surface area contributed by atoms with Gasteiger partial charge in [-0.1, -0.05) is 35.2 Å². The highest BCUT2D eigenvalue weighted by Gasteiger charge is 2.16. The molecule has 0 radical (unpaired) electrons. The largest absolute Gasteiger partial charge is 0.349 e. The maximum atomic E-state index is 12.2. The Hall–Kier alpha value is -1.88. The third kappa shape index (κ3) is 4.55. The number of carbonyl (C=O) groups excluding carboxylic acids is 1. The van der Waals surface area contributed by atoms with E-state index in [9.17, 15) is 4.79 Å². The van der Waals surface area contributed by atoms with E-state index in [-0.39, 0.29) is 5.91 Å². The Balaban J connectivity index is 1.59. The summed E-state index contributed by atoms with van der Waals surface area (Å²) in [6.45, 7) is 0. The van der Waals surface area contributed by atoms with Gasteiger partial charge in [-0.2, -0.15) is 0 Å². The maximum absolute atomic E-state index is 12.2. The molecule has 0 aliphatic heterocycles. The normalized spacial score (nSPS) is 15.2. The fraction of sp³-hybridized carbons (Fsp3) is 0.333. The van der Waals surface area contributed by atoms with Gasteiger partial charge in [0.15, 0.2) is 0 Å². The number of benzene rings is 1. The second-order valence-corrected chi connectivity index (χ2v) is 6.79. The molecule has 2 N–H and O–H groups in total. The van der Waals surface area contributed by atoms with Crippen LogP contribution in [0.15, 0.2) is 47.1 Å². The molecule has 120 valence electrons. The third-order valence-electron chi connectivity index (χ3n) is 4.08. The topological polar surface area (TPSA) is 54.0 Å². The van der Waals surface area contributed by atoms with E-state index in [0.29, 0.717) is 11.6 Å². The standard InChI is InChI=1S/C18H20BrN3O/c19-14-7-9-16(10-8-14)21-17-11-6-13(12-20-17)18(23)22-15-4-2-1-3-5-15/h6-12,15H,1-5H2,(H,20,21)(H,22,23). The van der Waals surface area contributed by atoms with Crippen molar-refractivity contribution in [3.63, 3.8) is 0 Å². The first-order valence-electron chi connectivity index (χ1n) is 8.00. The quantitative estimate of drug-likeness (QED) is 0.819. The average molecular weight is 374 g/mol. The summed E-state index contributed by atoms with van der Waals surface area (Å²) >= 11 is 3.41. The molecule has 0 bridgehead atoms. The molecular weight excluding hydrogens is 354 g/mol. The van der Waals surface area contributed by atoms with Crippen molar-refractivity contribution in [2.75, 3.05) is 5.32 Å². The number of pyridine rings is 1. The van der Waals surface area contributed by atoms with Gasteiger partial charge in [0, 0.05) is 22.4 Å². The highest BCUT2D eigenvalue weighted by atomic mass is 79.9. The number of carbonyl (C=O) groups is 1. The number of rotatable bonds is 4. The predicted molar refractivity (Wildman–Crippen MR) is 96.0 cm³/mol. The van der Waals surface area contributed by atoms with Crippen LogP contribution in [0.2, 0.25) is 0 Å². The molecule has 0 saturated heterocycles. The van der Waals surface area contributed by atoms with Crippen molar-refractivity contribution in [3.05, 3.63) is 52.6 Å². The summed E-state index contributed by atoms with van der Waals surface area (Å²) in [7, 11) is 0. The molecule has 1 amide bonds. The summed E-state index contributed by atoms with van der Waals surface area (Å²) in [5, 5.41) is 6.32. The molecule has 4 nitrogen and oxygen atoms in total. The number of amides is 1. The van der Waals surface area contributed by atoms with Gasteiger partial charge in [-0.25, -0.2) is 4.98 Å². The van der Waals surface area contributed by atoms with E-state index in [1.54, 1.807) is 6.20 Å². The van der Waals surface area contributed by atoms with Gasteiger partial charge >= 0.3 is 0 Å². The lowest BCUT2D eigenvalue weighted by molar-refractivity contribution is 0.0927. The Morgan fingerprint density at radius 2 is 1.78 bits per heavy atom. The van der Waals surface area contributed by atoms with E-state index in [1.807, 2.05) is 36.4 Å². The summed E-state index contributed by atoms with van der Waals surface area (Å²) in [6.07, 6.45) is 7.49. The second-order valence-electron chi connectivity index (χ2n) is 5.87. The highest BCUT2D eigenvalue weighted by molar-refractivity contribution is 9.10. The van der Waals surface area contributed by atoms with E-state index >= 15 is 0 Å². The number of nitrogens with zero attached hydrogens (tertiary/aromatic N) is 1. The van der Waals surface area contributed by atoms with Crippen LogP contribution in [-0.2, 0) is 0 Å². The Morgan fingerprint density at radius 1 is 1.04 bits per heavy atom. The molecular formula is C18H20BrN3O. The molecule has 1 aliphatic rings. The zero-order valence-corrected chi connectivity index (χ0v) is 14.5. The molecule has 0 unspecified atom stereocenters. The number of halogens is 1. The van der Waals surface area contributed by atoms with Gasteiger partial charge in [0.25, 0.3) is 5.91 Å². The first kappa shape index (κ1) is 16.0. The van der Waals surface area contributed by atoms with Crippen molar-refractivity contribution < 1.29 is 4.79 Å². The third-order valence-corrected chi connectivity index (χ3v) is 4.61. The van der Waals surface area contributed by atoms with Gasteiger partial charge in [-0.3, -0.25) is 4.79 Å². The molecule has 5 heteroatoms. The fourth-order valence-corrected chi connectivity index (χ4v) is 3.06. The minimum Gasteiger partial charge on any atom is -0.349 e. The molecule has 1 saturated carbocycles. The van der Waals surface area contributed by atoms with E-state index in [1.165, 1.54) is 19.3 Å². The van der Waals surface area contributed by atoms with Crippen molar-refractivity contribution in [2.24, 2.45) is 0 Å². The lowest BCUT2D eigenvalue weighted by Gasteiger charge is -2.22. The molecule has 23 heavy (non-hydrogen) atoms. The summed E-state index contributed by atoms with van der Waals surface area (Å²) in [5.41, 5.74) is 1.57. The monoisotopic (exact) mass is 373 g/mol. The van der Waals surface area contributed by atoms with Crippen molar-refractivity contribution in [1.82, 2.24) is 10.3 Å². The van der Waals surface area contributed by atoms with E-state index in [2.05, 4.69) is 31.5 Å². The summed E-state index contributed by atoms with van der Waals surface area (Å²) in [6, 6.07) is 11.8. The maximum Gasteiger partial charge on any atom is 0.253 e. The van der Waals surface area contributed by atoms with Crippen molar-refractivity contribution >= 4 is 33.3 Å². The Labute approximate surface area is 144 Å². The number of nitrogens with one attached hydrogen (secondary N) is 2. The molecule has 1 aromatic heterocycles. The first-order valence-corrected chi connectivity index (χ1v) is 8.79. The highest BCUT2D eigenvalue weighted by Crippen LogP contribution is 2.19. The minimum absolute atomic E-state index is 0.0282. The molecule has 0 atom stereocenters. The van der Waals surface area contributed by atoms with Gasteiger partial charge in [-0.15, -0.1) is 0 Å². The van der Waals surface area contributed by atoms with Crippen LogP contribution in [0.3, 0.4) is 0 Å². The number of anilines is 2. The average Bonchev–Trinajstić information content (AvgIpc) is 2.58. The van der Waals surface area contributed by atoms with Gasteiger partial charge in [-0.05, 0) is 49.2 Å². The molecule has 2 aromatic rings. The van der Waals surface area contributed by atoms with Gasteiger partial charge < -0.3 is 10.6 Å². The lowest BCUT2D eigenvalue weighted by atomic mass is 9.95. The smallest absolute Gasteiger partial charge is 0.253 e. The Morgan fingerprint density at radius 3 is 2.43 bits per heavy atom. The molecule has 1 heterocycles. The number of aromatic nitrogens is 1. The molecule has 1 aliphatic carbocycles. The zero-order valence-electron chi connectivity index (χ0n) is 12.9. The van der Waals surface area contributed by atoms with Crippen LogP contribution in [0.4, 0.5) is 11.5 Å². The molecule has 0 spiro atoms. The summed E-state index contributed by atoms with van der Waals surface area (Å²) in [4.78, 5) is 16.6. The van der Waals surface area contributed by atoms with E-state index in [0.717, 1.165) is 28.8 Å². The van der Waals surface area contributed by atoms with Crippen molar-refractivity contribution in [1.29, 1.82) is 0 Å². The minimum atomic E-state index is -0.0282. The zero-order chi connectivity index (χ0) is 16.1. The first-order chi connectivity index (χ1) is 11.2. The molecule has 3 rings (SSSR count). The SMILES string of the molecule is O=C(NC1CCCCC1)c1ccc(Nc2ccc(Br)cc2)nc1. The van der Waals surface area contributed by atoms with E-state index < -0.39 is 0 Å². The van der Waals surface area contributed by atoms with Crippen LogP contribution in [0.5, 0.6) is 0 Å². The number of hydrogen-bond donors (Lipinski definition) is 2. The van der Waals surface area contributed by atoms with Crippen LogP contribution in [0.25, 0.3) is 0 Å². The van der Waals surface area contributed by atoms with Crippen LogP contribution in [0.1, 0.15) is 42.5 Å². The Kier molecular flexibility index (Phi) is 5.28. The fourth-order valence-electron chi connectivity index (χ4n) is 2.80. The summed E-state index contributed by atoms with van der Waals surface area (Å²) < 4.78 is 1.03. The number of hydrogen-bond acceptors (Lipinski definition) is 3. The second kappa shape index (κ2) is 7.59. The van der Waals surface area contributed by atoms with Gasteiger partial charge in [0.05, 0.1) is 5.56 Å². The van der Waals surface area contributed by atoms with Crippen LogP contribution < -0.4 is 10.6 Å². The van der Waals surface area contributed by atoms with Crippen molar-refractivity contribution in [3.8, 4) is 0 Å². The van der Waals surface area contributed by atoms with Gasteiger partial charge in [0.2, 0.25) is 0 Å². The Bertz CT molecular complexity index is 649. The molecule has 1 aromatic carbocycles. The van der Waals surface area contributed by atoms with Gasteiger partial charge in [0.1, 0.15) is 5.82 Å². The van der Waals surface area contributed by atoms with Crippen LogP contribution >= 0.6 is 15.9 Å². The summed E-state index contributed by atoms with van der Waals surface area (Å²) in [5.74, 6) is 0.695. The molecule has 1 fully saturated rings. The van der Waals surface area contributed by atoms with Crippen LogP contribution in [0, 0.1) is 0 Å². The van der Waals surface area contributed by atoms with E-state index in [4.69, 9.17) is 0 Å². The predicted octanol–water partition coefficient (Wildman–Crippen LogP) is 4.65.